The number of halogens is 1. The van der Waals surface area contributed by atoms with Gasteiger partial charge in [-0.05, 0) is 40.9 Å². The minimum Gasteiger partial charge on any atom is -0.377 e. The summed E-state index contributed by atoms with van der Waals surface area (Å²) in [5.41, 5.74) is 1.66. The SMILES string of the molecule is CCC1OCCC1C(=O)c1cc2[nH]c(=O)[nH]c2cc1Br. The van der Waals surface area contributed by atoms with Crippen molar-refractivity contribution in [3.63, 3.8) is 0 Å². The first-order valence-electron chi connectivity index (χ1n) is 6.67. The van der Waals surface area contributed by atoms with E-state index < -0.39 is 0 Å². The smallest absolute Gasteiger partial charge is 0.323 e. The Labute approximate surface area is 123 Å². The van der Waals surface area contributed by atoms with Crippen molar-refractivity contribution in [3.8, 4) is 0 Å². The lowest BCUT2D eigenvalue weighted by molar-refractivity contribution is 0.0688. The van der Waals surface area contributed by atoms with Gasteiger partial charge in [0.25, 0.3) is 0 Å². The van der Waals surface area contributed by atoms with Crippen LogP contribution >= 0.6 is 15.9 Å². The monoisotopic (exact) mass is 338 g/mol. The van der Waals surface area contributed by atoms with E-state index in [0.717, 1.165) is 12.8 Å². The second-order valence-corrected chi connectivity index (χ2v) is 5.89. The molecule has 0 spiro atoms. The zero-order valence-corrected chi connectivity index (χ0v) is 12.6. The van der Waals surface area contributed by atoms with Crippen molar-refractivity contribution in [1.29, 1.82) is 0 Å². The number of H-pyrrole nitrogens is 2. The van der Waals surface area contributed by atoms with Gasteiger partial charge in [-0.3, -0.25) is 4.79 Å². The fourth-order valence-electron chi connectivity index (χ4n) is 2.80. The highest BCUT2D eigenvalue weighted by atomic mass is 79.9. The number of Topliss-reactive ketones (excluding diaryl/α,β-unsaturated/α-hetero) is 1. The quantitative estimate of drug-likeness (QED) is 0.844. The van der Waals surface area contributed by atoms with Crippen LogP contribution < -0.4 is 5.69 Å². The molecule has 106 valence electrons. The number of carbonyl (C=O) groups excluding carboxylic acids is 1. The van der Waals surface area contributed by atoms with Crippen LogP contribution in [0.2, 0.25) is 0 Å². The van der Waals surface area contributed by atoms with Gasteiger partial charge in [-0.1, -0.05) is 6.92 Å². The Morgan fingerprint density at radius 3 is 2.80 bits per heavy atom. The number of ether oxygens (including phenoxy) is 1. The van der Waals surface area contributed by atoms with Crippen LogP contribution in [0.3, 0.4) is 0 Å². The van der Waals surface area contributed by atoms with Crippen LogP contribution in [-0.2, 0) is 4.74 Å². The molecule has 1 aliphatic heterocycles. The zero-order chi connectivity index (χ0) is 14.3. The maximum absolute atomic E-state index is 12.7. The van der Waals surface area contributed by atoms with Crippen LogP contribution in [0.15, 0.2) is 21.4 Å². The molecule has 2 atom stereocenters. The zero-order valence-electron chi connectivity index (χ0n) is 11.0. The summed E-state index contributed by atoms with van der Waals surface area (Å²) in [6, 6.07) is 3.49. The molecule has 1 aromatic carbocycles. The topological polar surface area (TPSA) is 75.0 Å². The predicted octanol–water partition coefficient (Wildman–Crippen LogP) is 2.62. The average molecular weight is 339 g/mol. The average Bonchev–Trinajstić information content (AvgIpc) is 3.01. The Morgan fingerprint density at radius 2 is 2.10 bits per heavy atom. The summed E-state index contributed by atoms with van der Waals surface area (Å²) in [7, 11) is 0. The lowest BCUT2D eigenvalue weighted by atomic mass is 9.90. The number of hydrogen-bond donors (Lipinski definition) is 2. The number of hydrogen-bond acceptors (Lipinski definition) is 3. The van der Waals surface area contributed by atoms with E-state index in [0.29, 0.717) is 27.7 Å². The van der Waals surface area contributed by atoms with E-state index in [1.54, 1.807) is 12.1 Å². The summed E-state index contributed by atoms with van der Waals surface area (Å²) in [5, 5.41) is 0. The normalized spacial score (nSPS) is 22.5. The molecule has 0 saturated carbocycles. The van der Waals surface area contributed by atoms with Crippen molar-refractivity contribution in [1.82, 2.24) is 9.97 Å². The highest BCUT2D eigenvalue weighted by Crippen LogP contribution is 2.31. The second-order valence-electron chi connectivity index (χ2n) is 5.03. The highest BCUT2D eigenvalue weighted by Gasteiger charge is 2.34. The van der Waals surface area contributed by atoms with Gasteiger partial charge in [-0.15, -0.1) is 0 Å². The van der Waals surface area contributed by atoms with Crippen LogP contribution in [0.25, 0.3) is 11.0 Å². The van der Waals surface area contributed by atoms with Crippen molar-refractivity contribution in [3.05, 3.63) is 32.7 Å². The van der Waals surface area contributed by atoms with Crippen LogP contribution in [-0.4, -0.2) is 28.5 Å². The number of rotatable bonds is 3. The molecule has 2 N–H and O–H groups in total. The van der Waals surface area contributed by atoms with Crippen LogP contribution in [0.4, 0.5) is 0 Å². The molecule has 0 radical (unpaired) electrons. The van der Waals surface area contributed by atoms with E-state index in [-0.39, 0.29) is 23.5 Å². The lowest BCUT2D eigenvalue weighted by Crippen LogP contribution is -2.24. The van der Waals surface area contributed by atoms with Gasteiger partial charge in [0.2, 0.25) is 0 Å². The molecule has 20 heavy (non-hydrogen) atoms. The van der Waals surface area contributed by atoms with Gasteiger partial charge in [0, 0.05) is 16.6 Å². The molecular formula is C14H15BrN2O3. The Bertz CT molecular complexity index is 719. The van der Waals surface area contributed by atoms with E-state index in [1.165, 1.54) is 0 Å². The van der Waals surface area contributed by atoms with E-state index in [9.17, 15) is 9.59 Å². The molecule has 0 amide bonds. The molecule has 1 fully saturated rings. The van der Waals surface area contributed by atoms with Crippen LogP contribution in [0.1, 0.15) is 30.1 Å². The number of aromatic nitrogens is 2. The summed E-state index contributed by atoms with van der Waals surface area (Å²) < 4.78 is 6.29. The van der Waals surface area contributed by atoms with Crippen molar-refractivity contribution in [2.75, 3.05) is 6.61 Å². The molecule has 2 aromatic rings. The number of aromatic amines is 2. The fraction of sp³-hybridized carbons (Fsp3) is 0.429. The highest BCUT2D eigenvalue weighted by molar-refractivity contribution is 9.10. The Balaban J connectivity index is 2.02. The first-order valence-corrected chi connectivity index (χ1v) is 7.46. The Morgan fingerprint density at radius 1 is 1.40 bits per heavy atom. The van der Waals surface area contributed by atoms with Crippen molar-refractivity contribution >= 4 is 32.7 Å². The number of ketones is 1. The van der Waals surface area contributed by atoms with Gasteiger partial charge >= 0.3 is 5.69 Å². The maximum atomic E-state index is 12.7. The van der Waals surface area contributed by atoms with Gasteiger partial charge in [-0.25, -0.2) is 4.79 Å². The number of carbonyl (C=O) groups is 1. The summed E-state index contributed by atoms with van der Waals surface area (Å²) in [6.45, 7) is 2.66. The molecule has 5 nitrogen and oxygen atoms in total. The first kappa shape index (κ1) is 13.6. The number of imidazole rings is 1. The predicted molar refractivity (Wildman–Crippen MR) is 79.1 cm³/mol. The van der Waals surface area contributed by atoms with Gasteiger partial charge in [0.05, 0.1) is 23.1 Å². The first-order chi connectivity index (χ1) is 9.60. The molecule has 6 heteroatoms. The van der Waals surface area contributed by atoms with E-state index in [2.05, 4.69) is 25.9 Å². The van der Waals surface area contributed by atoms with Crippen molar-refractivity contribution in [2.24, 2.45) is 5.92 Å². The molecule has 1 aromatic heterocycles. The van der Waals surface area contributed by atoms with Crippen molar-refractivity contribution in [2.45, 2.75) is 25.9 Å². The fourth-order valence-corrected chi connectivity index (χ4v) is 3.33. The summed E-state index contributed by atoms with van der Waals surface area (Å²) in [5.74, 6) is -0.0235. The van der Waals surface area contributed by atoms with Crippen molar-refractivity contribution < 1.29 is 9.53 Å². The molecule has 2 heterocycles. The maximum Gasteiger partial charge on any atom is 0.323 e. The molecule has 0 aliphatic carbocycles. The lowest BCUT2D eigenvalue weighted by Gasteiger charge is -2.16. The van der Waals surface area contributed by atoms with E-state index in [4.69, 9.17) is 4.74 Å². The minimum absolute atomic E-state index is 0.00429. The standard InChI is InChI=1S/C14H15BrN2O3/c1-2-12-7(3-4-20-12)13(18)8-5-10-11(6-9(8)15)17-14(19)16-10/h5-7,12H,2-4H2,1H3,(H2,16,17,19). The molecular weight excluding hydrogens is 324 g/mol. The van der Waals surface area contributed by atoms with E-state index >= 15 is 0 Å². The van der Waals surface area contributed by atoms with E-state index in [1.807, 2.05) is 6.92 Å². The molecule has 1 saturated heterocycles. The second kappa shape index (κ2) is 5.18. The van der Waals surface area contributed by atoms with Gasteiger partial charge in [-0.2, -0.15) is 0 Å². The summed E-state index contributed by atoms with van der Waals surface area (Å²) in [6.07, 6.45) is 1.58. The molecule has 3 rings (SSSR count). The third-order valence-corrected chi connectivity index (χ3v) is 4.47. The number of nitrogens with one attached hydrogen (secondary N) is 2. The molecule has 2 unspecified atom stereocenters. The summed E-state index contributed by atoms with van der Waals surface area (Å²) in [4.78, 5) is 29.3. The Kier molecular flexibility index (Phi) is 3.52. The third kappa shape index (κ3) is 2.23. The molecule has 1 aliphatic rings. The minimum atomic E-state index is -0.271. The number of fused-ring (bicyclic) bond motifs is 1. The van der Waals surface area contributed by atoms with Gasteiger partial charge in [0.15, 0.2) is 5.78 Å². The Hall–Kier alpha value is -1.40. The largest absolute Gasteiger partial charge is 0.377 e. The van der Waals surface area contributed by atoms with Gasteiger partial charge < -0.3 is 14.7 Å². The van der Waals surface area contributed by atoms with Crippen LogP contribution in [0.5, 0.6) is 0 Å². The number of benzene rings is 1. The third-order valence-electron chi connectivity index (χ3n) is 3.82. The molecule has 0 bridgehead atoms. The van der Waals surface area contributed by atoms with Gasteiger partial charge in [0.1, 0.15) is 0 Å². The van der Waals surface area contributed by atoms with Crippen LogP contribution in [0, 0.1) is 5.92 Å². The summed E-state index contributed by atoms with van der Waals surface area (Å²) >= 11 is 3.42.